The van der Waals surface area contributed by atoms with Gasteiger partial charge in [0, 0.05) is 23.8 Å². The summed E-state index contributed by atoms with van der Waals surface area (Å²) in [5.74, 6) is -0.500. The minimum Gasteiger partial charge on any atom is -0.366 e. The molecular formula is C14H17ClN4O. The molecular weight excluding hydrogens is 276 g/mol. The fourth-order valence-electron chi connectivity index (χ4n) is 1.73. The third kappa shape index (κ3) is 3.37. The number of carbonyl (C=O) groups is 1. The smallest absolute Gasteiger partial charge is 0.251 e. The quantitative estimate of drug-likeness (QED) is 0.886. The highest BCUT2D eigenvalue weighted by atomic mass is 35.5. The standard InChI is InChI=1S/C14H17ClN4O/c1-9(2)17-6-10-3-4-12(5-13(10)15)19-8-11(7-18-19)14(16)20/h3-5,7-9,17H,6H2,1-2H3,(H2,16,20). The van der Waals surface area contributed by atoms with Gasteiger partial charge in [0.15, 0.2) is 0 Å². The second-order valence-electron chi connectivity index (χ2n) is 4.85. The van der Waals surface area contributed by atoms with E-state index < -0.39 is 5.91 Å². The van der Waals surface area contributed by atoms with Crippen LogP contribution in [-0.2, 0) is 6.54 Å². The van der Waals surface area contributed by atoms with Crippen LogP contribution in [0.3, 0.4) is 0 Å². The first-order valence-corrected chi connectivity index (χ1v) is 6.72. The maximum Gasteiger partial charge on any atom is 0.251 e. The van der Waals surface area contributed by atoms with Crippen LogP contribution in [0.5, 0.6) is 0 Å². The molecule has 1 aromatic carbocycles. The molecule has 0 fully saturated rings. The number of aromatic nitrogens is 2. The average molecular weight is 293 g/mol. The van der Waals surface area contributed by atoms with Crippen molar-refractivity contribution in [3.8, 4) is 5.69 Å². The molecule has 2 rings (SSSR count). The highest BCUT2D eigenvalue weighted by Crippen LogP contribution is 2.20. The van der Waals surface area contributed by atoms with Crippen molar-refractivity contribution in [2.24, 2.45) is 5.73 Å². The van der Waals surface area contributed by atoms with Crippen LogP contribution in [0.15, 0.2) is 30.6 Å². The fourth-order valence-corrected chi connectivity index (χ4v) is 1.97. The summed E-state index contributed by atoms with van der Waals surface area (Å²) < 4.78 is 1.58. The third-order valence-corrected chi connectivity index (χ3v) is 3.22. The molecule has 0 spiro atoms. The predicted octanol–water partition coefficient (Wildman–Crippen LogP) is 2.12. The molecule has 2 aromatic rings. The number of nitrogens with one attached hydrogen (secondary N) is 1. The largest absolute Gasteiger partial charge is 0.366 e. The van der Waals surface area contributed by atoms with Gasteiger partial charge in [0.2, 0.25) is 0 Å². The molecule has 0 radical (unpaired) electrons. The molecule has 3 N–H and O–H groups in total. The van der Waals surface area contributed by atoms with Gasteiger partial charge in [0.25, 0.3) is 5.91 Å². The summed E-state index contributed by atoms with van der Waals surface area (Å²) in [6, 6.07) is 6.06. The monoisotopic (exact) mass is 292 g/mol. The van der Waals surface area contributed by atoms with Gasteiger partial charge in [-0.25, -0.2) is 4.68 Å². The molecule has 5 nitrogen and oxygen atoms in total. The number of nitrogens with two attached hydrogens (primary N) is 1. The van der Waals surface area contributed by atoms with E-state index in [1.807, 2.05) is 18.2 Å². The Morgan fingerprint density at radius 2 is 2.25 bits per heavy atom. The number of amides is 1. The Kier molecular flexibility index (Phi) is 4.42. The number of primary amides is 1. The molecule has 0 aliphatic heterocycles. The van der Waals surface area contributed by atoms with Crippen LogP contribution in [0.2, 0.25) is 5.02 Å². The second-order valence-corrected chi connectivity index (χ2v) is 5.26. The number of nitrogens with zero attached hydrogens (tertiary/aromatic N) is 2. The van der Waals surface area contributed by atoms with Crippen molar-refractivity contribution in [1.29, 1.82) is 0 Å². The number of carbonyl (C=O) groups excluding carboxylic acids is 1. The Morgan fingerprint density at radius 1 is 1.50 bits per heavy atom. The SMILES string of the molecule is CC(C)NCc1ccc(-n2cc(C(N)=O)cn2)cc1Cl. The van der Waals surface area contributed by atoms with Gasteiger partial charge < -0.3 is 11.1 Å². The van der Waals surface area contributed by atoms with E-state index in [0.29, 0.717) is 23.2 Å². The Hall–Kier alpha value is -1.85. The summed E-state index contributed by atoms with van der Waals surface area (Å²) in [7, 11) is 0. The van der Waals surface area contributed by atoms with Crippen molar-refractivity contribution in [2.75, 3.05) is 0 Å². The molecule has 0 saturated heterocycles. The molecule has 0 aliphatic carbocycles. The molecule has 1 heterocycles. The van der Waals surface area contributed by atoms with Gasteiger partial charge in [0.1, 0.15) is 0 Å². The first kappa shape index (κ1) is 14.6. The Morgan fingerprint density at radius 3 is 2.80 bits per heavy atom. The lowest BCUT2D eigenvalue weighted by atomic mass is 10.2. The number of rotatable bonds is 5. The maximum atomic E-state index is 11.1. The van der Waals surface area contributed by atoms with Gasteiger partial charge in [-0.1, -0.05) is 31.5 Å². The van der Waals surface area contributed by atoms with Gasteiger partial charge in [-0.15, -0.1) is 0 Å². The summed E-state index contributed by atoms with van der Waals surface area (Å²) in [5.41, 5.74) is 7.38. The maximum absolute atomic E-state index is 11.1. The van der Waals surface area contributed by atoms with Gasteiger partial charge in [-0.3, -0.25) is 4.79 Å². The first-order chi connectivity index (χ1) is 9.47. The number of hydrogen-bond acceptors (Lipinski definition) is 3. The molecule has 0 unspecified atom stereocenters. The molecule has 6 heteroatoms. The van der Waals surface area contributed by atoms with Crippen LogP contribution in [-0.4, -0.2) is 21.7 Å². The topological polar surface area (TPSA) is 72.9 Å². The Labute approximate surface area is 122 Å². The van der Waals surface area contributed by atoms with Gasteiger partial charge >= 0.3 is 0 Å². The zero-order valence-corrected chi connectivity index (χ0v) is 12.2. The average Bonchev–Trinajstić information content (AvgIpc) is 2.86. The Bertz CT molecular complexity index is 621. The van der Waals surface area contributed by atoms with Crippen LogP contribution in [0, 0.1) is 0 Å². The van der Waals surface area contributed by atoms with E-state index in [1.54, 1.807) is 10.9 Å². The van der Waals surface area contributed by atoms with E-state index in [-0.39, 0.29) is 0 Å². The highest BCUT2D eigenvalue weighted by Gasteiger charge is 2.08. The number of halogens is 1. The molecule has 1 amide bonds. The number of hydrogen-bond donors (Lipinski definition) is 2. The van der Waals surface area contributed by atoms with E-state index in [4.69, 9.17) is 17.3 Å². The van der Waals surface area contributed by atoms with Gasteiger partial charge in [-0.2, -0.15) is 5.10 Å². The molecule has 0 aliphatic rings. The summed E-state index contributed by atoms with van der Waals surface area (Å²) in [6.45, 7) is 4.87. The van der Waals surface area contributed by atoms with Crippen molar-refractivity contribution in [3.05, 3.63) is 46.7 Å². The summed E-state index contributed by atoms with van der Waals surface area (Å²) >= 11 is 6.26. The van der Waals surface area contributed by atoms with Crippen molar-refractivity contribution in [3.63, 3.8) is 0 Å². The first-order valence-electron chi connectivity index (χ1n) is 6.34. The van der Waals surface area contributed by atoms with Crippen LogP contribution in [0.1, 0.15) is 29.8 Å². The van der Waals surface area contributed by atoms with E-state index in [2.05, 4.69) is 24.3 Å². The summed E-state index contributed by atoms with van der Waals surface area (Å²) in [6.07, 6.45) is 3.02. The molecule has 106 valence electrons. The molecule has 1 aromatic heterocycles. The third-order valence-electron chi connectivity index (χ3n) is 2.87. The number of benzene rings is 1. The van der Waals surface area contributed by atoms with Crippen molar-refractivity contribution in [2.45, 2.75) is 26.4 Å². The van der Waals surface area contributed by atoms with Crippen LogP contribution in [0.4, 0.5) is 0 Å². The van der Waals surface area contributed by atoms with E-state index in [0.717, 1.165) is 11.3 Å². The van der Waals surface area contributed by atoms with Crippen LogP contribution >= 0.6 is 11.6 Å². The molecule has 0 bridgehead atoms. The Balaban J connectivity index is 2.21. The minimum atomic E-state index is -0.500. The van der Waals surface area contributed by atoms with Crippen molar-refractivity contribution in [1.82, 2.24) is 15.1 Å². The highest BCUT2D eigenvalue weighted by molar-refractivity contribution is 6.31. The van der Waals surface area contributed by atoms with Crippen LogP contribution in [0.25, 0.3) is 5.69 Å². The van der Waals surface area contributed by atoms with E-state index in [1.165, 1.54) is 6.20 Å². The minimum absolute atomic E-state index is 0.367. The lowest BCUT2D eigenvalue weighted by Gasteiger charge is -2.10. The molecule has 0 saturated carbocycles. The molecule has 20 heavy (non-hydrogen) atoms. The lowest BCUT2D eigenvalue weighted by Crippen LogP contribution is -2.22. The van der Waals surface area contributed by atoms with Gasteiger partial charge in [0.05, 0.1) is 17.4 Å². The zero-order chi connectivity index (χ0) is 14.7. The zero-order valence-electron chi connectivity index (χ0n) is 11.4. The second kappa shape index (κ2) is 6.07. The van der Waals surface area contributed by atoms with Gasteiger partial charge in [-0.05, 0) is 17.7 Å². The van der Waals surface area contributed by atoms with E-state index in [9.17, 15) is 4.79 Å². The van der Waals surface area contributed by atoms with E-state index >= 15 is 0 Å². The summed E-state index contributed by atoms with van der Waals surface area (Å²) in [4.78, 5) is 11.1. The molecule has 0 atom stereocenters. The normalized spacial score (nSPS) is 11.0. The fraction of sp³-hybridized carbons (Fsp3) is 0.286. The lowest BCUT2D eigenvalue weighted by molar-refractivity contribution is 0.100. The van der Waals surface area contributed by atoms with Crippen molar-refractivity contribution < 1.29 is 4.79 Å². The van der Waals surface area contributed by atoms with Crippen molar-refractivity contribution >= 4 is 17.5 Å². The summed E-state index contributed by atoms with van der Waals surface area (Å²) in [5, 5.41) is 8.07. The predicted molar refractivity (Wildman–Crippen MR) is 79.1 cm³/mol. The van der Waals surface area contributed by atoms with Crippen LogP contribution < -0.4 is 11.1 Å².